The van der Waals surface area contributed by atoms with E-state index in [9.17, 15) is 40.3 Å². The summed E-state index contributed by atoms with van der Waals surface area (Å²) in [5, 5.41) is 9.62. The summed E-state index contributed by atoms with van der Waals surface area (Å²) in [6.45, 7) is -0.536. The van der Waals surface area contributed by atoms with Crippen LogP contribution in [-0.4, -0.2) is 36.4 Å². The maximum atomic E-state index is 14.0. The first-order chi connectivity index (χ1) is 13.4. The van der Waals surface area contributed by atoms with Crippen LogP contribution >= 0.6 is 0 Å². The van der Waals surface area contributed by atoms with Crippen molar-refractivity contribution < 1.29 is 40.3 Å². The van der Waals surface area contributed by atoms with Crippen LogP contribution in [0.3, 0.4) is 0 Å². The molecule has 0 radical (unpaired) electrons. The molecule has 0 unspecified atom stereocenters. The minimum absolute atomic E-state index is 0.0485. The minimum Gasteiger partial charge on any atom is -0.508 e. The van der Waals surface area contributed by atoms with Crippen molar-refractivity contribution in [1.82, 2.24) is 4.90 Å². The highest BCUT2D eigenvalue weighted by atomic mass is 32.2. The molecule has 12 heteroatoms. The number of hydrogen-bond donors (Lipinski definition) is 2. The zero-order valence-electron chi connectivity index (χ0n) is 14.4. The lowest BCUT2D eigenvalue weighted by molar-refractivity contribution is -0.0429. The molecule has 2 aromatic rings. The quantitative estimate of drug-likeness (QED) is 0.570. The average molecular weight is 436 g/mol. The van der Waals surface area contributed by atoms with Gasteiger partial charge in [0.1, 0.15) is 17.4 Å². The number of alkyl halides is 3. The van der Waals surface area contributed by atoms with Crippen molar-refractivity contribution in [3.8, 4) is 5.75 Å². The van der Waals surface area contributed by atoms with Gasteiger partial charge in [-0.15, -0.1) is 0 Å². The van der Waals surface area contributed by atoms with Crippen LogP contribution in [-0.2, 0) is 23.0 Å². The summed E-state index contributed by atoms with van der Waals surface area (Å²) in [6.07, 6.45) is -0.0485. The molecule has 0 atom stereocenters. The topological polar surface area (TPSA) is 86.7 Å². The molecule has 2 N–H and O–H groups in total. The molecule has 0 saturated heterocycles. The van der Waals surface area contributed by atoms with Gasteiger partial charge in [-0.1, -0.05) is 0 Å². The monoisotopic (exact) mass is 436 g/mol. The first-order valence-corrected chi connectivity index (χ1v) is 9.56. The fourth-order valence-corrected chi connectivity index (χ4v) is 3.55. The van der Waals surface area contributed by atoms with Crippen LogP contribution in [0, 0.1) is 11.6 Å². The third-order valence-electron chi connectivity index (χ3n) is 4.34. The lowest BCUT2D eigenvalue weighted by Crippen LogP contribution is -2.38. The molecule has 6 nitrogen and oxygen atoms in total. The van der Waals surface area contributed by atoms with Crippen molar-refractivity contribution in [2.24, 2.45) is 0 Å². The lowest BCUT2D eigenvalue weighted by atomic mass is 9.97. The lowest BCUT2D eigenvalue weighted by Gasteiger charge is -2.29. The summed E-state index contributed by atoms with van der Waals surface area (Å²) in [5.41, 5.74) is -6.86. The Kier molecular flexibility index (Phi) is 5.15. The van der Waals surface area contributed by atoms with E-state index in [0.29, 0.717) is 0 Å². The summed E-state index contributed by atoms with van der Waals surface area (Å²) >= 11 is 0. The number of sulfonamides is 1. The number of anilines is 1. The highest BCUT2D eigenvalue weighted by Gasteiger charge is 2.46. The Hall–Kier alpha value is -2.89. The van der Waals surface area contributed by atoms with Gasteiger partial charge in [0.15, 0.2) is 0 Å². The van der Waals surface area contributed by atoms with Gasteiger partial charge in [0.25, 0.3) is 5.91 Å². The van der Waals surface area contributed by atoms with Crippen molar-refractivity contribution in [3.63, 3.8) is 0 Å². The number of phenols is 1. The van der Waals surface area contributed by atoms with Gasteiger partial charge in [-0.2, -0.15) is 21.6 Å². The van der Waals surface area contributed by atoms with Gasteiger partial charge in [0.2, 0.25) is 0 Å². The molecule has 29 heavy (non-hydrogen) atoms. The van der Waals surface area contributed by atoms with Crippen molar-refractivity contribution in [2.45, 2.75) is 18.5 Å². The minimum atomic E-state index is -5.75. The van der Waals surface area contributed by atoms with Crippen molar-refractivity contribution >= 4 is 21.6 Å². The Balaban J connectivity index is 1.94. The number of carbonyl (C=O) groups excluding carboxylic acids is 1. The second-order valence-corrected chi connectivity index (χ2v) is 7.93. The van der Waals surface area contributed by atoms with Gasteiger partial charge in [0, 0.05) is 18.7 Å². The molecular weight excluding hydrogens is 423 g/mol. The van der Waals surface area contributed by atoms with E-state index in [1.807, 2.05) is 0 Å². The van der Waals surface area contributed by atoms with Crippen molar-refractivity contribution in [3.05, 3.63) is 58.7 Å². The summed E-state index contributed by atoms with van der Waals surface area (Å²) in [6, 6.07) is 4.50. The molecule has 0 bridgehead atoms. The maximum Gasteiger partial charge on any atom is 0.516 e. The van der Waals surface area contributed by atoms with E-state index < -0.39 is 56.6 Å². The molecule has 1 aliphatic rings. The van der Waals surface area contributed by atoms with Crippen LogP contribution in [0.4, 0.5) is 27.6 Å². The number of benzene rings is 2. The average Bonchev–Trinajstić information content (AvgIpc) is 2.61. The predicted molar refractivity (Wildman–Crippen MR) is 91.5 cm³/mol. The number of aromatic hydroxyl groups is 1. The molecule has 0 saturated carbocycles. The highest BCUT2D eigenvalue weighted by molar-refractivity contribution is 7.93. The van der Waals surface area contributed by atoms with Crippen molar-refractivity contribution in [1.29, 1.82) is 0 Å². The van der Waals surface area contributed by atoms with E-state index in [-0.39, 0.29) is 24.1 Å². The van der Waals surface area contributed by atoms with Gasteiger partial charge in [-0.25, -0.2) is 8.78 Å². The van der Waals surface area contributed by atoms with Gasteiger partial charge < -0.3 is 10.0 Å². The van der Waals surface area contributed by atoms with Crippen LogP contribution < -0.4 is 4.72 Å². The van der Waals surface area contributed by atoms with Crippen molar-refractivity contribution in [2.75, 3.05) is 11.3 Å². The van der Waals surface area contributed by atoms with Gasteiger partial charge in [0.05, 0.1) is 11.3 Å². The molecule has 1 heterocycles. The summed E-state index contributed by atoms with van der Waals surface area (Å²) < 4.78 is 90.0. The maximum absolute atomic E-state index is 14.0. The smallest absolute Gasteiger partial charge is 0.508 e. The molecule has 2 aromatic carbocycles. The number of carbonyl (C=O) groups is 1. The van der Waals surface area contributed by atoms with Crippen LogP contribution in [0.5, 0.6) is 5.75 Å². The van der Waals surface area contributed by atoms with E-state index in [4.69, 9.17) is 0 Å². The number of amides is 1. The summed E-state index contributed by atoms with van der Waals surface area (Å²) in [4.78, 5) is 13.6. The number of phenolic OH excluding ortho intramolecular Hbond substituents is 1. The fraction of sp³-hybridized carbons (Fsp3) is 0.235. The zero-order chi connectivity index (χ0) is 21.6. The Morgan fingerprint density at radius 2 is 1.76 bits per heavy atom. The van der Waals surface area contributed by atoms with E-state index in [0.717, 1.165) is 35.2 Å². The predicted octanol–water partition coefficient (Wildman–Crippen LogP) is 3.13. The van der Waals surface area contributed by atoms with Crippen LogP contribution in [0.25, 0.3) is 0 Å². The van der Waals surface area contributed by atoms with E-state index in [1.165, 1.54) is 4.72 Å². The van der Waals surface area contributed by atoms with E-state index in [1.54, 1.807) is 0 Å². The van der Waals surface area contributed by atoms with E-state index in [2.05, 4.69) is 0 Å². The SMILES string of the molecule is O=C1c2c(F)ccc(F)c2CCN1Cc1cc(O)ccc1NS(=O)(=O)C(F)(F)F. The molecule has 156 valence electrons. The third kappa shape index (κ3) is 3.97. The number of rotatable bonds is 4. The first-order valence-electron chi connectivity index (χ1n) is 8.08. The molecule has 0 spiro atoms. The molecule has 0 aliphatic carbocycles. The number of hydrogen-bond acceptors (Lipinski definition) is 4. The zero-order valence-corrected chi connectivity index (χ0v) is 15.2. The van der Waals surface area contributed by atoms with Crippen LogP contribution in [0.2, 0.25) is 0 Å². The molecule has 0 aromatic heterocycles. The van der Waals surface area contributed by atoms with E-state index >= 15 is 0 Å². The third-order valence-corrected chi connectivity index (χ3v) is 5.43. The Bertz CT molecular complexity index is 1090. The normalized spacial score (nSPS) is 14.7. The highest BCUT2D eigenvalue weighted by Crippen LogP contribution is 2.31. The number of nitrogens with one attached hydrogen (secondary N) is 1. The number of fused-ring (bicyclic) bond motifs is 1. The molecular formula is C17H13F5N2O4S. The summed E-state index contributed by atoms with van der Waals surface area (Å²) in [5.74, 6) is -3.01. The Morgan fingerprint density at radius 1 is 1.10 bits per heavy atom. The van der Waals surface area contributed by atoms with Crippen LogP contribution in [0.1, 0.15) is 21.5 Å². The molecule has 1 aliphatic heterocycles. The van der Waals surface area contributed by atoms with Gasteiger partial charge >= 0.3 is 15.5 Å². The number of nitrogens with zero attached hydrogens (tertiary/aromatic N) is 1. The number of halogens is 5. The largest absolute Gasteiger partial charge is 0.516 e. The second-order valence-electron chi connectivity index (χ2n) is 6.25. The second kappa shape index (κ2) is 7.17. The molecule has 3 rings (SSSR count). The summed E-state index contributed by atoms with van der Waals surface area (Å²) in [7, 11) is -5.75. The molecule has 1 amide bonds. The Labute approximate surface area is 161 Å². The fourth-order valence-electron chi connectivity index (χ4n) is 2.95. The molecule has 0 fully saturated rings. The van der Waals surface area contributed by atoms with Gasteiger partial charge in [-0.05, 0) is 42.3 Å². The first kappa shape index (κ1) is 20.8. The standard InChI is InChI=1S/C17H13F5N2O4S/c18-12-2-3-13(19)15-11(12)5-6-24(16(15)26)8-9-7-10(25)1-4-14(9)23-29(27,28)17(20,21)22/h1-4,7,23,25H,5-6,8H2. The van der Waals surface area contributed by atoms with Gasteiger partial charge in [-0.3, -0.25) is 9.52 Å². The Morgan fingerprint density at radius 3 is 2.41 bits per heavy atom. The van der Waals surface area contributed by atoms with Crippen LogP contribution in [0.15, 0.2) is 30.3 Å².